The molecule has 2 aromatic rings. The monoisotopic (exact) mass is 339 g/mol. The van der Waals surface area contributed by atoms with E-state index < -0.39 is 0 Å². The fraction of sp³-hybridized carbons (Fsp3) is 0.600. The van der Waals surface area contributed by atoms with E-state index in [-0.39, 0.29) is 0 Å². The second kappa shape index (κ2) is 4.63. The number of hydrogen-bond acceptors (Lipinski definition) is 2. The zero-order chi connectivity index (χ0) is 15.9. The summed E-state index contributed by atoms with van der Waals surface area (Å²) < 4.78 is 2.44. The first kappa shape index (κ1) is 13.9. The van der Waals surface area contributed by atoms with Crippen LogP contribution in [0.3, 0.4) is 0 Å². The molecule has 2 heterocycles. The predicted molar refractivity (Wildman–Crippen MR) is 94.0 cm³/mol. The van der Waals surface area contributed by atoms with Gasteiger partial charge in [0.15, 0.2) is 5.82 Å². The molecular weight excluding hydrogens is 318 g/mol. The summed E-state index contributed by atoms with van der Waals surface area (Å²) in [6.07, 6.45) is 9.52. The maximum Gasteiger partial charge on any atom is 0.164 e. The highest BCUT2D eigenvalue weighted by atomic mass is 35.5. The van der Waals surface area contributed by atoms with Gasteiger partial charge in [-0.3, -0.25) is 0 Å². The number of aromatic nitrogens is 3. The minimum atomic E-state index is 0.316. The molecule has 0 spiro atoms. The summed E-state index contributed by atoms with van der Waals surface area (Å²) in [7, 11) is 0. The molecule has 4 fully saturated rings. The van der Waals surface area contributed by atoms with E-state index in [2.05, 4.69) is 21.8 Å². The molecule has 0 atom stereocenters. The molecule has 4 saturated carbocycles. The SMILES string of the molecule is Clc1ccc2c(c1)-c1nnc(C34CC5CC(CC(C5)C3)C4)n1CC2. The first-order valence-electron chi connectivity index (χ1n) is 9.43. The third-order valence-electron chi connectivity index (χ3n) is 7.18. The van der Waals surface area contributed by atoms with Crippen molar-refractivity contribution in [2.75, 3.05) is 0 Å². The molecule has 5 aliphatic rings. The van der Waals surface area contributed by atoms with Crippen LogP contribution < -0.4 is 0 Å². The Hall–Kier alpha value is -1.35. The summed E-state index contributed by atoms with van der Waals surface area (Å²) in [6, 6.07) is 6.21. The van der Waals surface area contributed by atoms with E-state index in [0.29, 0.717) is 5.41 Å². The van der Waals surface area contributed by atoms with Crippen LogP contribution in [0.25, 0.3) is 11.4 Å². The molecule has 124 valence electrons. The first-order valence-corrected chi connectivity index (χ1v) is 9.80. The Morgan fingerprint density at radius 3 is 2.42 bits per heavy atom. The van der Waals surface area contributed by atoms with E-state index in [1.165, 1.54) is 55.5 Å². The van der Waals surface area contributed by atoms with E-state index in [1.807, 2.05) is 6.07 Å². The third-order valence-corrected chi connectivity index (χ3v) is 7.42. The standard InChI is InChI=1S/C20H22ClN3/c21-16-2-1-15-3-4-24-18(17(15)8-16)22-23-19(24)20-9-12-5-13(10-20)7-14(6-12)11-20/h1-2,8,12-14H,3-7,9-11H2. The van der Waals surface area contributed by atoms with Gasteiger partial charge in [0.2, 0.25) is 0 Å². The Balaban J connectivity index is 1.49. The van der Waals surface area contributed by atoms with Gasteiger partial charge in [0.25, 0.3) is 0 Å². The van der Waals surface area contributed by atoms with Crippen LogP contribution in [-0.2, 0) is 18.4 Å². The normalized spacial score (nSPS) is 35.8. The van der Waals surface area contributed by atoms with Crippen LogP contribution in [0.4, 0.5) is 0 Å². The molecule has 1 aliphatic heterocycles. The van der Waals surface area contributed by atoms with Crippen LogP contribution in [0.2, 0.25) is 5.02 Å². The Labute approximate surface area is 147 Å². The smallest absolute Gasteiger partial charge is 0.164 e. The van der Waals surface area contributed by atoms with Crippen molar-refractivity contribution in [3.63, 3.8) is 0 Å². The molecule has 1 aromatic carbocycles. The minimum Gasteiger partial charge on any atom is -0.310 e. The van der Waals surface area contributed by atoms with Crippen molar-refractivity contribution in [1.29, 1.82) is 0 Å². The number of hydrogen-bond donors (Lipinski definition) is 0. The van der Waals surface area contributed by atoms with Crippen molar-refractivity contribution in [2.45, 2.75) is 56.9 Å². The number of fused-ring (bicyclic) bond motifs is 3. The average Bonchev–Trinajstić information content (AvgIpc) is 2.99. The largest absolute Gasteiger partial charge is 0.310 e. The van der Waals surface area contributed by atoms with Gasteiger partial charge in [0.05, 0.1) is 0 Å². The molecular formula is C20H22ClN3. The van der Waals surface area contributed by atoms with E-state index in [9.17, 15) is 0 Å². The fourth-order valence-electron chi connectivity index (χ4n) is 6.70. The van der Waals surface area contributed by atoms with Crippen molar-refractivity contribution in [1.82, 2.24) is 14.8 Å². The van der Waals surface area contributed by atoms with Crippen LogP contribution in [0.1, 0.15) is 49.9 Å². The quantitative estimate of drug-likeness (QED) is 0.758. The van der Waals surface area contributed by atoms with Crippen molar-refractivity contribution >= 4 is 11.6 Å². The molecule has 0 radical (unpaired) electrons. The lowest BCUT2D eigenvalue weighted by molar-refractivity contribution is -0.0111. The average molecular weight is 340 g/mol. The molecule has 3 nitrogen and oxygen atoms in total. The van der Waals surface area contributed by atoms with Crippen molar-refractivity contribution in [2.24, 2.45) is 17.8 Å². The Morgan fingerprint density at radius 2 is 1.71 bits per heavy atom. The molecule has 24 heavy (non-hydrogen) atoms. The number of rotatable bonds is 1. The Bertz CT molecular complexity index is 802. The Kier molecular flexibility index (Phi) is 2.68. The molecule has 1 aromatic heterocycles. The Morgan fingerprint density at radius 1 is 1.00 bits per heavy atom. The maximum atomic E-state index is 6.25. The van der Waals surface area contributed by atoms with Gasteiger partial charge < -0.3 is 4.57 Å². The van der Waals surface area contributed by atoms with Gasteiger partial charge in [-0.05, 0) is 80.4 Å². The highest BCUT2D eigenvalue weighted by molar-refractivity contribution is 6.30. The molecule has 0 amide bonds. The summed E-state index contributed by atoms with van der Waals surface area (Å²) in [5.41, 5.74) is 2.87. The number of halogens is 1. The zero-order valence-electron chi connectivity index (χ0n) is 13.8. The summed E-state index contributed by atoms with van der Waals surface area (Å²) in [6.45, 7) is 1.02. The maximum absolute atomic E-state index is 6.25. The summed E-state index contributed by atoms with van der Waals surface area (Å²) in [4.78, 5) is 0. The van der Waals surface area contributed by atoms with Crippen molar-refractivity contribution in [3.8, 4) is 11.4 Å². The lowest BCUT2D eigenvalue weighted by Crippen LogP contribution is -2.49. The lowest BCUT2D eigenvalue weighted by atomic mass is 9.49. The molecule has 0 saturated heterocycles. The van der Waals surface area contributed by atoms with Gasteiger partial charge >= 0.3 is 0 Å². The molecule has 0 unspecified atom stereocenters. The summed E-state index contributed by atoms with van der Waals surface area (Å²) in [5.74, 6) is 5.16. The van der Waals surface area contributed by atoms with Crippen LogP contribution in [0, 0.1) is 17.8 Å². The molecule has 4 heteroatoms. The van der Waals surface area contributed by atoms with E-state index in [4.69, 9.17) is 16.7 Å². The molecule has 7 rings (SSSR count). The molecule has 0 N–H and O–H groups in total. The highest BCUT2D eigenvalue weighted by Gasteiger charge is 2.54. The second-order valence-electron chi connectivity index (χ2n) is 8.75. The van der Waals surface area contributed by atoms with Crippen LogP contribution in [0.15, 0.2) is 18.2 Å². The fourth-order valence-corrected chi connectivity index (χ4v) is 6.87. The van der Waals surface area contributed by atoms with Gasteiger partial charge in [-0.15, -0.1) is 10.2 Å². The number of benzene rings is 1. The predicted octanol–water partition coefficient (Wildman–Crippen LogP) is 4.62. The highest BCUT2D eigenvalue weighted by Crippen LogP contribution is 2.60. The number of aryl methyl sites for hydroxylation is 1. The van der Waals surface area contributed by atoms with Crippen molar-refractivity contribution in [3.05, 3.63) is 34.6 Å². The lowest BCUT2D eigenvalue weighted by Gasteiger charge is -2.56. The second-order valence-corrected chi connectivity index (χ2v) is 9.18. The summed E-state index contributed by atoms with van der Waals surface area (Å²) in [5, 5.41) is 10.2. The van der Waals surface area contributed by atoms with E-state index in [1.54, 1.807) is 0 Å². The first-order chi connectivity index (χ1) is 11.7. The zero-order valence-corrected chi connectivity index (χ0v) is 14.6. The van der Waals surface area contributed by atoms with Gasteiger partial charge in [0, 0.05) is 22.5 Å². The van der Waals surface area contributed by atoms with E-state index >= 15 is 0 Å². The summed E-state index contributed by atoms with van der Waals surface area (Å²) >= 11 is 6.25. The van der Waals surface area contributed by atoms with Gasteiger partial charge in [-0.2, -0.15) is 0 Å². The van der Waals surface area contributed by atoms with Crippen LogP contribution >= 0.6 is 11.6 Å². The van der Waals surface area contributed by atoms with Gasteiger partial charge in [0.1, 0.15) is 5.82 Å². The number of nitrogens with zero attached hydrogens (tertiary/aromatic N) is 3. The topological polar surface area (TPSA) is 30.7 Å². The minimum absolute atomic E-state index is 0.316. The molecule has 4 aliphatic carbocycles. The van der Waals surface area contributed by atoms with Crippen molar-refractivity contribution < 1.29 is 0 Å². The van der Waals surface area contributed by atoms with Crippen LogP contribution in [-0.4, -0.2) is 14.8 Å². The van der Waals surface area contributed by atoms with Gasteiger partial charge in [-0.1, -0.05) is 17.7 Å². The molecule has 4 bridgehead atoms. The third kappa shape index (κ3) is 1.79. The van der Waals surface area contributed by atoms with E-state index in [0.717, 1.165) is 41.6 Å². The van der Waals surface area contributed by atoms with Crippen LogP contribution in [0.5, 0.6) is 0 Å². The van der Waals surface area contributed by atoms with Gasteiger partial charge in [-0.25, -0.2) is 0 Å².